The number of nitrogens with one attached hydrogen (secondary N) is 2. The largest absolute Gasteiger partial charge is 0.384 e. The van der Waals surface area contributed by atoms with Crippen molar-refractivity contribution >= 4 is 50.2 Å². The molecule has 5 N–H and O–H groups in total. The maximum atomic E-state index is 14.8. The van der Waals surface area contributed by atoms with Crippen molar-refractivity contribution < 1.29 is 37.5 Å². The van der Waals surface area contributed by atoms with E-state index >= 15 is 0 Å². The minimum atomic E-state index is -3.53. The van der Waals surface area contributed by atoms with Crippen molar-refractivity contribution in [2.45, 2.75) is 101 Å². The van der Waals surface area contributed by atoms with Crippen LogP contribution < -0.4 is 16.4 Å². The number of amides is 4. The normalized spacial score (nSPS) is 22.2. The monoisotopic (exact) mass is 750 g/mol. The molecular weight excluding hydrogens is 705 g/mol. The summed E-state index contributed by atoms with van der Waals surface area (Å²) in [5.41, 5.74) is 3.42. The highest BCUT2D eigenvalue weighted by atomic mass is 32.2. The zero-order valence-corrected chi connectivity index (χ0v) is 30.7. The van der Waals surface area contributed by atoms with E-state index in [1.165, 1.54) is 22.0 Å². The van der Waals surface area contributed by atoms with Crippen molar-refractivity contribution in [2.75, 3.05) is 18.1 Å². The molecule has 2 unspecified atom stereocenters. The third-order valence-electron chi connectivity index (χ3n) is 10.9. The number of nitrogens with two attached hydrogens (primary N) is 1. The van der Waals surface area contributed by atoms with Crippen molar-refractivity contribution in [1.29, 1.82) is 0 Å². The molecule has 2 aliphatic heterocycles. The number of carbonyl (C=O) groups excluding carboxylic acids is 5. The molecule has 53 heavy (non-hydrogen) atoms. The standard InChI is InChI=1S/C36H46N8O8S/c1-35(2,50)29-20-39-42-44(29)25-18-28(33(48)41-36(30(45)31(37)46)12-14-53(51,52)15-13-36)43(21-25)34(49)27(16-22-8-4-3-5-9-22)40-32(47)24-17-23-10-6-7-11-26(23)38-19-24/h6-7,10-11,17,19-20,22,25,27-28,50H,3-5,8-9,12-16,18,21H2,1-2H3,(H2,37,46)(H,40,47)(H,41,48)/t25?,27-,28?/m1/s1. The summed E-state index contributed by atoms with van der Waals surface area (Å²) in [6.07, 6.45) is 7.22. The Labute approximate surface area is 307 Å². The lowest BCUT2D eigenvalue weighted by molar-refractivity contribution is -0.145. The molecule has 1 aromatic carbocycles. The van der Waals surface area contributed by atoms with Crippen molar-refractivity contribution in [3.8, 4) is 0 Å². The van der Waals surface area contributed by atoms with Crippen molar-refractivity contribution in [3.05, 3.63) is 54.0 Å². The first-order valence-electron chi connectivity index (χ1n) is 18.0. The van der Waals surface area contributed by atoms with Crippen LogP contribution in [0.15, 0.2) is 42.7 Å². The number of hydrogen-bond acceptors (Lipinski definition) is 11. The van der Waals surface area contributed by atoms with Gasteiger partial charge in [-0.25, -0.2) is 13.1 Å². The van der Waals surface area contributed by atoms with E-state index < -0.39 is 80.0 Å². The average molecular weight is 751 g/mol. The molecule has 0 radical (unpaired) electrons. The molecule has 16 nitrogen and oxygen atoms in total. The summed E-state index contributed by atoms with van der Waals surface area (Å²) >= 11 is 0. The summed E-state index contributed by atoms with van der Waals surface area (Å²) < 4.78 is 26.1. The molecule has 4 heterocycles. The topological polar surface area (TPSA) is 237 Å². The van der Waals surface area contributed by atoms with Crippen molar-refractivity contribution in [1.82, 2.24) is 35.5 Å². The number of Topliss-reactive ketones (excluding diaryl/α,β-unsaturated/α-hetero) is 1. The molecule has 3 aliphatic rings. The third-order valence-corrected chi connectivity index (χ3v) is 12.5. The summed E-state index contributed by atoms with van der Waals surface area (Å²) in [5.74, 6) is -5.05. The van der Waals surface area contributed by atoms with Crippen LogP contribution in [0.2, 0.25) is 0 Å². The lowest BCUT2D eigenvalue weighted by atomic mass is 9.84. The van der Waals surface area contributed by atoms with E-state index in [0.29, 0.717) is 17.6 Å². The fourth-order valence-electron chi connectivity index (χ4n) is 7.90. The number of pyridine rings is 1. The fourth-order valence-corrected chi connectivity index (χ4v) is 9.42. The Balaban J connectivity index is 1.34. The Kier molecular flexibility index (Phi) is 10.7. The quantitative estimate of drug-likeness (QED) is 0.202. The van der Waals surface area contributed by atoms with E-state index in [1.54, 1.807) is 19.9 Å². The summed E-state index contributed by atoms with van der Waals surface area (Å²) in [6, 6.07) is 6.09. The molecule has 284 valence electrons. The van der Waals surface area contributed by atoms with Crippen molar-refractivity contribution in [2.24, 2.45) is 11.7 Å². The molecule has 1 saturated carbocycles. The average Bonchev–Trinajstić information content (AvgIpc) is 3.81. The van der Waals surface area contributed by atoms with E-state index in [-0.39, 0.29) is 37.3 Å². The number of fused-ring (bicyclic) bond motifs is 1. The highest BCUT2D eigenvalue weighted by molar-refractivity contribution is 7.91. The Bertz CT molecular complexity index is 2010. The Morgan fingerprint density at radius 1 is 1.06 bits per heavy atom. The Morgan fingerprint density at radius 3 is 2.43 bits per heavy atom. The molecule has 3 atom stereocenters. The highest BCUT2D eigenvalue weighted by Gasteiger charge is 2.50. The van der Waals surface area contributed by atoms with Crippen LogP contribution in [0.5, 0.6) is 0 Å². The lowest BCUT2D eigenvalue weighted by Gasteiger charge is -2.37. The number of likely N-dealkylation sites (tertiary alicyclic amines) is 1. The lowest BCUT2D eigenvalue weighted by Crippen LogP contribution is -2.64. The number of ketones is 1. The molecule has 0 bridgehead atoms. The van der Waals surface area contributed by atoms with Gasteiger partial charge in [0.05, 0.1) is 40.5 Å². The summed E-state index contributed by atoms with van der Waals surface area (Å²) in [5, 5.41) is 25.4. The fraction of sp³-hybridized carbons (Fsp3) is 0.556. The Hall–Kier alpha value is -4.77. The Morgan fingerprint density at radius 2 is 1.75 bits per heavy atom. The van der Waals surface area contributed by atoms with Gasteiger partial charge in [-0.1, -0.05) is 55.5 Å². The van der Waals surface area contributed by atoms with Gasteiger partial charge in [-0.15, -0.1) is 5.10 Å². The summed E-state index contributed by atoms with van der Waals surface area (Å²) in [7, 11) is -3.53. The van der Waals surface area contributed by atoms with Crippen molar-refractivity contribution in [3.63, 3.8) is 0 Å². The number of benzene rings is 1. The first kappa shape index (κ1) is 38.0. The van der Waals surface area contributed by atoms with Gasteiger partial charge in [0, 0.05) is 24.5 Å². The minimum Gasteiger partial charge on any atom is -0.384 e. The zero-order valence-electron chi connectivity index (χ0n) is 29.9. The van der Waals surface area contributed by atoms with Gasteiger partial charge in [-0.2, -0.15) is 0 Å². The van der Waals surface area contributed by atoms with Gasteiger partial charge in [0.25, 0.3) is 11.8 Å². The highest BCUT2D eigenvalue weighted by Crippen LogP contribution is 2.35. The maximum absolute atomic E-state index is 14.8. The molecule has 3 aromatic rings. The molecular formula is C36H46N8O8S. The van der Waals surface area contributed by atoms with E-state index in [4.69, 9.17) is 5.73 Å². The van der Waals surface area contributed by atoms with Crippen LogP contribution in [0.1, 0.15) is 93.7 Å². The number of aliphatic hydroxyl groups is 1. The van der Waals surface area contributed by atoms with Gasteiger partial charge >= 0.3 is 0 Å². The second-order valence-electron chi connectivity index (χ2n) is 15.1. The van der Waals surface area contributed by atoms with Crippen LogP contribution in [0.25, 0.3) is 10.9 Å². The van der Waals surface area contributed by atoms with Gasteiger partial charge < -0.3 is 26.4 Å². The van der Waals surface area contributed by atoms with E-state index in [2.05, 4.69) is 25.9 Å². The zero-order chi connectivity index (χ0) is 38.1. The maximum Gasteiger partial charge on any atom is 0.287 e. The van der Waals surface area contributed by atoms with Gasteiger partial charge in [0.2, 0.25) is 17.6 Å². The van der Waals surface area contributed by atoms with E-state index in [9.17, 15) is 37.5 Å². The number of carbonyl (C=O) groups is 5. The first-order valence-corrected chi connectivity index (χ1v) is 19.8. The van der Waals surface area contributed by atoms with Crippen LogP contribution in [-0.2, 0) is 34.6 Å². The number of aromatic nitrogens is 4. The number of hydrogen-bond donors (Lipinski definition) is 4. The molecule has 0 spiro atoms. The second kappa shape index (κ2) is 14.9. The summed E-state index contributed by atoms with van der Waals surface area (Å²) in [6.45, 7) is 3.04. The molecule has 4 amide bonds. The second-order valence-corrected chi connectivity index (χ2v) is 17.4. The predicted molar refractivity (Wildman–Crippen MR) is 192 cm³/mol. The molecule has 1 aliphatic carbocycles. The number of sulfone groups is 1. The number of rotatable bonds is 11. The molecule has 6 rings (SSSR count). The van der Waals surface area contributed by atoms with Crippen LogP contribution in [0, 0.1) is 5.92 Å². The van der Waals surface area contributed by atoms with E-state index in [0.717, 1.165) is 37.5 Å². The van der Waals surface area contributed by atoms with Gasteiger partial charge in [0.1, 0.15) is 23.2 Å². The SMILES string of the molecule is CC(C)(O)c1cnnn1C1CC(C(=O)NC2(C(=O)C(N)=O)CCS(=O)(=O)CC2)N(C(=O)[C@@H](CC2CCCCC2)NC(=O)c2cnc3ccccc3c2)C1. The molecule has 2 aromatic heterocycles. The third kappa shape index (κ3) is 8.25. The van der Waals surface area contributed by atoms with Crippen LogP contribution in [-0.4, -0.2) is 103 Å². The van der Waals surface area contributed by atoms with Gasteiger partial charge in [0.15, 0.2) is 9.84 Å². The molecule has 2 saturated heterocycles. The van der Waals surface area contributed by atoms with Gasteiger partial charge in [-0.05, 0) is 51.2 Å². The first-order chi connectivity index (χ1) is 25.1. The van der Waals surface area contributed by atoms with E-state index in [1.807, 2.05) is 24.3 Å². The summed E-state index contributed by atoms with van der Waals surface area (Å²) in [4.78, 5) is 74.1. The predicted octanol–water partition coefficient (Wildman–Crippen LogP) is 1.08. The van der Waals surface area contributed by atoms with Gasteiger partial charge in [-0.3, -0.25) is 29.0 Å². The van der Waals surface area contributed by atoms with Crippen LogP contribution in [0.3, 0.4) is 0 Å². The molecule has 17 heteroatoms. The molecule has 3 fully saturated rings. The smallest absolute Gasteiger partial charge is 0.287 e. The number of para-hydroxylation sites is 1. The number of nitrogens with zero attached hydrogens (tertiary/aromatic N) is 5. The minimum absolute atomic E-state index is 0.0259. The van der Waals surface area contributed by atoms with Crippen LogP contribution in [0.4, 0.5) is 0 Å². The number of primary amides is 1. The van der Waals surface area contributed by atoms with Crippen LogP contribution >= 0.6 is 0 Å².